The standard InChI is InChI=1S/C19H23NO2/c1-3-7-16(8-4-1)19(20-17-11-13-21-14-12-17)15-22-18-9-5-2-6-10-18/h1-10,17,19-20H,11-15H2/t19-/m1/s1. The molecule has 0 bridgehead atoms. The van der Waals surface area contributed by atoms with E-state index in [9.17, 15) is 0 Å². The summed E-state index contributed by atoms with van der Waals surface area (Å²) in [5.74, 6) is 0.914. The minimum atomic E-state index is 0.199. The summed E-state index contributed by atoms with van der Waals surface area (Å²) in [7, 11) is 0. The van der Waals surface area contributed by atoms with Crippen LogP contribution >= 0.6 is 0 Å². The van der Waals surface area contributed by atoms with Crippen LogP contribution in [0.25, 0.3) is 0 Å². The van der Waals surface area contributed by atoms with E-state index < -0.39 is 0 Å². The molecule has 22 heavy (non-hydrogen) atoms. The lowest BCUT2D eigenvalue weighted by Gasteiger charge is -2.29. The molecule has 3 rings (SSSR count). The van der Waals surface area contributed by atoms with E-state index in [1.165, 1.54) is 5.56 Å². The Bertz CT molecular complexity index is 538. The fraction of sp³-hybridized carbons (Fsp3) is 0.368. The van der Waals surface area contributed by atoms with E-state index in [0.29, 0.717) is 12.6 Å². The van der Waals surface area contributed by atoms with E-state index in [1.807, 2.05) is 36.4 Å². The Morgan fingerprint density at radius 2 is 1.59 bits per heavy atom. The van der Waals surface area contributed by atoms with Crippen LogP contribution in [0.1, 0.15) is 24.4 Å². The second kappa shape index (κ2) is 7.97. The molecule has 0 aromatic heterocycles. The summed E-state index contributed by atoms with van der Waals surface area (Å²) in [4.78, 5) is 0. The zero-order valence-electron chi connectivity index (χ0n) is 12.8. The highest BCUT2D eigenvalue weighted by Crippen LogP contribution is 2.19. The number of rotatable bonds is 6. The van der Waals surface area contributed by atoms with Gasteiger partial charge in [0, 0.05) is 19.3 Å². The van der Waals surface area contributed by atoms with Gasteiger partial charge in [0.15, 0.2) is 0 Å². The van der Waals surface area contributed by atoms with Crippen LogP contribution in [-0.4, -0.2) is 25.9 Å². The summed E-state index contributed by atoms with van der Waals surface area (Å²) in [6, 6.07) is 21.2. The largest absolute Gasteiger partial charge is 0.492 e. The zero-order chi connectivity index (χ0) is 15.0. The van der Waals surface area contributed by atoms with E-state index in [2.05, 4.69) is 29.6 Å². The highest BCUT2D eigenvalue weighted by atomic mass is 16.5. The maximum absolute atomic E-state index is 5.97. The van der Waals surface area contributed by atoms with Crippen molar-refractivity contribution in [3.63, 3.8) is 0 Å². The van der Waals surface area contributed by atoms with E-state index in [1.54, 1.807) is 0 Å². The second-order valence-corrected chi connectivity index (χ2v) is 5.64. The van der Waals surface area contributed by atoms with Crippen LogP contribution in [0.5, 0.6) is 5.75 Å². The fourth-order valence-corrected chi connectivity index (χ4v) is 2.77. The van der Waals surface area contributed by atoms with Crippen molar-refractivity contribution in [2.75, 3.05) is 19.8 Å². The molecule has 3 heteroatoms. The molecule has 1 atom stereocenters. The molecular formula is C19H23NO2. The van der Waals surface area contributed by atoms with E-state index in [-0.39, 0.29) is 6.04 Å². The predicted molar refractivity (Wildman–Crippen MR) is 88.1 cm³/mol. The summed E-state index contributed by atoms with van der Waals surface area (Å²) in [5, 5.41) is 3.74. The van der Waals surface area contributed by atoms with E-state index in [4.69, 9.17) is 9.47 Å². The van der Waals surface area contributed by atoms with Gasteiger partial charge in [-0.05, 0) is 30.5 Å². The molecule has 0 spiro atoms. The minimum Gasteiger partial charge on any atom is -0.492 e. The molecular weight excluding hydrogens is 274 g/mol. The normalized spacial score (nSPS) is 17.1. The van der Waals surface area contributed by atoms with Gasteiger partial charge in [0.05, 0.1) is 6.04 Å². The van der Waals surface area contributed by atoms with Crippen LogP contribution < -0.4 is 10.1 Å². The van der Waals surface area contributed by atoms with E-state index in [0.717, 1.165) is 31.8 Å². The van der Waals surface area contributed by atoms with Crippen LogP contribution in [0.2, 0.25) is 0 Å². The van der Waals surface area contributed by atoms with Gasteiger partial charge in [0.2, 0.25) is 0 Å². The molecule has 1 saturated heterocycles. The first-order valence-electron chi connectivity index (χ1n) is 7.98. The monoisotopic (exact) mass is 297 g/mol. The van der Waals surface area contributed by atoms with Crippen LogP contribution in [0.15, 0.2) is 60.7 Å². The number of hydrogen-bond donors (Lipinski definition) is 1. The van der Waals surface area contributed by atoms with Gasteiger partial charge in [-0.15, -0.1) is 0 Å². The predicted octanol–water partition coefficient (Wildman–Crippen LogP) is 3.58. The molecule has 3 nitrogen and oxygen atoms in total. The summed E-state index contributed by atoms with van der Waals surface area (Å²) in [6.45, 7) is 2.32. The van der Waals surface area contributed by atoms with Crippen molar-refractivity contribution < 1.29 is 9.47 Å². The van der Waals surface area contributed by atoms with Gasteiger partial charge in [-0.1, -0.05) is 48.5 Å². The molecule has 0 radical (unpaired) electrons. The van der Waals surface area contributed by atoms with Crippen LogP contribution in [0.4, 0.5) is 0 Å². The van der Waals surface area contributed by atoms with Crippen molar-refractivity contribution in [2.45, 2.75) is 24.9 Å². The Kier molecular flexibility index (Phi) is 5.46. The second-order valence-electron chi connectivity index (χ2n) is 5.64. The molecule has 1 aliphatic rings. The van der Waals surface area contributed by atoms with Crippen molar-refractivity contribution in [3.8, 4) is 5.75 Å². The summed E-state index contributed by atoms with van der Waals surface area (Å²) >= 11 is 0. The van der Waals surface area contributed by atoms with Crippen molar-refractivity contribution in [3.05, 3.63) is 66.2 Å². The minimum absolute atomic E-state index is 0.199. The Morgan fingerprint density at radius 3 is 2.27 bits per heavy atom. The Balaban J connectivity index is 1.65. The molecule has 1 N–H and O–H groups in total. The lowest BCUT2D eigenvalue weighted by molar-refractivity contribution is 0.0722. The maximum Gasteiger partial charge on any atom is 0.119 e. The molecule has 0 amide bonds. The zero-order valence-corrected chi connectivity index (χ0v) is 12.8. The Labute approximate surface area is 132 Å². The molecule has 2 aromatic carbocycles. The van der Waals surface area contributed by atoms with Gasteiger partial charge in [0.25, 0.3) is 0 Å². The maximum atomic E-state index is 5.97. The molecule has 0 saturated carbocycles. The van der Waals surface area contributed by atoms with Crippen LogP contribution in [0, 0.1) is 0 Å². The van der Waals surface area contributed by atoms with Crippen LogP contribution in [0.3, 0.4) is 0 Å². The molecule has 0 unspecified atom stereocenters. The molecule has 0 aliphatic carbocycles. The third-order valence-electron chi connectivity index (χ3n) is 4.02. The van der Waals surface area contributed by atoms with Gasteiger partial charge >= 0.3 is 0 Å². The Morgan fingerprint density at radius 1 is 0.955 bits per heavy atom. The first-order valence-corrected chi connectivity index (χ1v) is 7.98. The number of ether oxygens (including phenoxy) is 2. The van der Waals surface area contributed by atoms with Gasteiger partial charge in [-0.3, -0.25) is 0 Å². The summed E-state index contributed by atoms with van der Waals surface area (Å²) < 4.78 is 11.4. The fourth-order valence-electron chi connectivity index (χ4n) is 2.77. The molecule has 1 heterocycles. The summed E-state index contributed by atoms with van der Waals surface area (Å²) in [6.07, 6.45) is 2.13. The average molecular weight is 297 g/mol. The number of hydrogen-bond acceptors (Lipinski definition) is 3. The average Bonchev–Trinajstić information content (AvgIpc) is 2.61. The molecule has 2 aromatic rings. The van der Waals surface area contributed by atoms with Crippen molar-refractivity contribution in [1.29, 1.82) is 0 Å². The first-order chi connectivity index (χ1) is 10.9. The summed E-state index contributed by atoms with van der Waals surface area (Å²) in [5.41, 5.74) is 1.27. The first kappa shape index (κ1) is 15.1. The van der Waals surface area contributed by atoms with Gasteiger partial charge in [-0.25, -0.2) is 0 Å². The van der Waals surface area contributed by atoms with Gasteiger partial charge in [0.1, 0.15) is 12.4 Å². The third-order valence-corrected chi connectivity index (χ3v) is 4.02. The van der Waals surface area contributed by atoms with Crippen LogP contribution in [-0.2, 0) is 4.74 Å². The van der Waals surface area contributed by atoms with Crippen molar-refractivity contribution in [2.24, 2.45) is 0 Å². The quantitative estimate of drug-likeness (QED) is 0.884. The lowest BCUT2D eigenvalue weighted by atomic mass is 10.0. The topological polar surface area (TPSA) is 30.5 Å². The molecule has 1 aliphatic heterocycles. The number of benzene rings is 2. The molecule has 1 fully saturated rings. The van der Waals surface area contributed by atoms with Crippen molar-refractivity contribution >= 4 is 0 Å². The van der Waals surface area contributed by atoms with Gasteiger partial charge in [-0.2, -0.15) is 0 Å². The Hall–Kier alpha value is -1.84. The highest BCUT2D eigenvalue weighted by molar-refractivity contribution is 5.23. The number of para-hydroxylation sites is 1. The highest BCUT2D eigenvalue weighted by Gasteiger charge is 2.20. The SMILES string of the molecule is c1ccc(OC[C@@H](NC2CCOCC2)c2ccccc2)cc1. The smallest absolute Gasteiger partial charge is 0.119 e. The van der Waals surface area contributed by atoms with Gasteiger partial charge < -0.3 is 14.8 Å². The van der Waals surface area contributed by atoms with Crippen molar-refractivity contribution in [1.82, 2.24) is 5.32 Å². The third kappa shape index (κ3) is 4.33. The lowest BCUT2D eigenvalue weighted by Crippen LogP contribution is -2.39. The molecule has 116 valence electrons. The van der Waals surface area contributed by atoms with E-state index >= 15 is 0 Å². The number of nitrogens with one attached hydrogen (secondary N) is 1.